The lowest BCUT2D eigenvalue weighted by Crippen LogP contribution is -2.27. The summed E-state index contributed by atoms with van der Waals surface area (Å²) in [4.78, 5) is 23.5. The third-order valence-electron chi connectivity index (χ3n) is 4.70. The van der Waals surface area contributed by atoms with Gasteiger partial charge in [0.2, 0.25) is 5.91 Å². The van der Waals surface area contributed by atoms with E-state index in [2.05, 4.69) is 5.10 Å². The molecule has 0 unspecified atom stereocenters. The lowest BCUT2D eigenvalue weighted by Gasteiger charge is -2.22. The van der Waals surface area contributed by atoms with Crippen molar-refractivity contribution in [2.24, 2.45) is 5.10 Å². The number of hydrogen-bond acceptors (Lipinski definition) is 6. The van der Waals surface area contributed by atoms with Crippen molar-refractivity contribution in [1.82, 2.24) is 5.01 Å². The summed E-state index contributed by atoms with van der Waals surface area (Å²) in [6.45, 7) is 0. The highest BCUT2D eigenvalue weighted by molar-refractivity contribution is 7.89. The molecule has 2 N–H and O–H groups in total. The summed E-state index contributed by atoms with van der Waals surface area (Å²) in [5.74, 6) is -1.65. The van der Waals surface area contributed by atoms with Gasteiger partial charge in [-0.15, -0.1) is 0 Å². The van der Waals surface area contributed by atoms with Gasteiger partial charge in [0.1, 0.15) is 5.75 Å². The van der Waals surface area contributed by atoms with Crippen LogP contribution >= 0.6 is 0 Å². The van der Waals surface area contributed by atoms with Crippen molar-refractivity contribution in [3.05, 3.63) is 65.2 Å². The molecule has 8 nitrogen and oxygen atoms in total. The molecule has 2 aromatic rings. The Hall–Kier alpha value is -3.20. The highest BCUT2D eigenvalue weighted by atomic mass is 32.2. The van der Waals surface area contributed by atoms with Gasteiger partial charge in [0.25, 0.3) is 0 Å². The lowest BCUT2D eigenvalue weighted by atomic mass is 9.97. The summed E-state index contributed by atoms with van der Waals surface area (Å²) in [5.41, 5.74) is 2.34. The van der Waals surface area contributed by atoms with E-state index >= 15 is 0 Å². The largest absolute Gasteiger partial charge is 0.508 e. The summed E-state index contributed by atoms with van der Waals surface area (Å²) in [6, 6.07) is 12.9. The van der Waals surface area contributed by atoms with Crippen LogP contribution in [0.25, 0.3) is 0 Å². The Morgan fingerprint density at radius 3 is 2.53 bits per heavy atom. The van der Waals surface area contributed by atoms with E-state index in [1.807, 2.05) is 0 Å². The number of rotatable bonds is 7. The molecule has 0 fully saturated rings. The Balaban J connectivity index is 1.95. The molecule has 158 valence electrons. The van der Waals surface area contributed by atoms with Crippen molar-refractivity contribution in [3.63, 3.8) is 0 Å². The van der Waals surface area contributed by atoms with Crippen LogP contribution in [0, 0.1) is 0 Å². The maximum absolute atomic E-state index is 12.7. The fraction of sp³-hybridized carbons (Fsp3) is 0.286. The molecule has 0 aromatic heterocycles. The summed E-state index contributed by atoms with van der Waals surface area (Å²) >= 11 is 0. The van der Waals surface area contributed by atoms with E-state index in [0.29, 0.717) is 28.8 Å². The first kappa shape index (κ1) is 21.5. The van der Waals surface area contributed by atoms with Crippen molar-refractivity contribution < 1.29 is 28.2 Å². The molecule has 3 rings (SSSR count). The van der Waals surface area contributed by atoms with Gasteiger partial charge in [0.05, 0.1) is 23.9 Å². The first-order valence-corrected chi connectivity index (χ1v) is 11.4. The Morgan fingerprint density at radius 1 is 1.13 bits per heavy atom. The zero-order valence-electron chi connectivity index (χ0n) is 16.4. The first-order chi connectivity index (χ1) is 14.1. The van der Waals surface area contributed by atoms with Crippen molar-refractivity contribution in [2.75, 3.05) is 6.26 Å². The van der Waals surface area contributed by atoms with Crippen LogP contribution in [-0.2, 0) is 25.2 Å². The van der Waals surface area contributed by atoms with Gasteiger partial charge in [-0.05, 0) is 23.3 Å². The van der Waals surface area contributed by atoms with Crippen molar-refractivity contribution in [3.8, 4) is 5.75 Å². The van der Waals surface area contributed by atoms with Crippen LogP contribution in [0.3, 0.4) is 0 Å². The number of phenols is 1. The Morgan fingerprint density at radius 2 is 1.87 bits per heavy atom. The molecule has 1 atom stereocenters. The fourth-order valence-corrected chi connectivity index (χ4v) is 4.18. The molecule has 2 aromatic carbocycles. The second-order valence-electron chi connectivity index (χ2n) is 7.23. The molecule has 0 aliphatic carbocycles. The minimum atomic E-state index is -3.21. The number of carboxylic acids is 1. The number of sulfone groups is 1. The molecule has 0 bridgehead atoms. The van der Waals surface area contributed by atoms with Gasteiger partial charge in [-0.2, -0.15) is 5.10 Å². The highest BCUT2D eigenvalue weighted by Crippen LogP contribution is 2.37. The number of aliphatic carboxylic acids is 1. The number of hydrogen-bond donors (Lipinski definition) is 2. The summed E-state index contributed by atoms with van der Waals surface area (Å²) in [5, 5.41) is 24.8. The monoisotopic (exact) mass is 430 g/mol. The van der Waals surface area contributed by atoms with Crippen molar-refractivity contribution >= 4 is 27.4 Å². The van der Waals surface area contributed by atoms with Gasteiger partial charge in [0.15, 0.2) is 9.84 Å². The van der Waals surface area contributed by atoms with Crippen LogP contribution in [-0.4, -0.2) is 47.5 Å². The Labute approximate surface area is 174 Å². The maximum Gasteiger partial charge on any atom is 0.303 e. The number of carboxylic acid groups (broad SMARTS) is 1. The van der Waals surface area contributed by atoms with E-state index in [9.17, 15) is 23.1 Å². The van der Waals surface area contributed by atoms with E-state index in [0.717, 1.165) is 6.26 Å². The molecular weight excluding hydrogens is 408 g/mol. The quantitative estimate of drug-likeness (QED) is 0.695. The second-order valence-corrected chi connectivity index (χ2v) is 9.37. The average Bonchev–Trinajstić information content (AvgIpc) is 3.10. The predicted octanol–water partition coefficient (Wildman–Crippen LogP) is 2.48. The lowest BCUT2D eigenvalue weighted by molar-refractivity contribution is -0.141. The number of benzene rings is 2. The van der Waals surface area contributed by atoms with Crippen LogP contribution < -0.4 is 0 Å². The van der Waals surface area contributed by atoms with Crippen molar-refractivity contribution in [2.45, 2.75) is 31.1 Å². The van der Waals surface area contributed by atoms with Gasteiger partial charge in [-0.25, -0.2) is 13.4 Å². The van der Waals surface area contributed by atoms with Crippen LogP contribution in [0.1, 0.15) is 42.0 Å². The SMILES string of the molecule is CS(=O)(=O)Cc1cccc(C2=NN(C(=O)CCC(=O)O)[C@H](c3ccccc3O)C2)c1. The molecule has 1 aliphatic rings. The number of para-hydroxylation sites is 1. The Bertz CT molecular complexity index is 1110. The Kier molecular flexibility index (Phi) is 6.21. The smallest absolute Gasteiger partial charge is 0.303 e. The van der Waals surface area contributed by atoms with Gasteiger partial charge >= 0.3 is 5.97 Å². The molecule has 0 radical (unpaired) electrons. The zero-order chi connectivity index (χ0) is 21.9. The van der Waals surface area contributed by atoms with Crippen LogP contribution in [0.4, 0.5) is 0 Å². The van der Waals surface area contributed by atoms with Gasteiger partial charge in [-0.1, -0.05) is 36.4 Å². The fourth-order valence-electron chi connectivity index (χ4n) is 3.40. The second kappa shape index (κ2) is 8.66. The molecule has 0 saturated carbocycles. The summed E-state index contributed by atoms with van der Waals surface area (Å²) in [6.07, 6.45) is 0.921. The summed E-state index contributed by atoms with van der Waals surface area (Å²) in [7, 11) is -3.21. The molecule has 1 heterocycles. The molecule has 30 heavy (non-hydrogen) atoms. The molecule has 1 aliphatic heterocycles. The van der Waals surface area contributed by atoms with Crippen LogP contribution in [0.5, 0.6) is 5.75 Å². The molecule has 9 heteroatoms. The van der Waals surface area contributed by atoms with Crippen molar-refractivity contribution in [1.29, 1.82) is 0 Å². The van der Waals surface area contributed by atoms with Gasteiger partial charge in [-0.3, -0.25) is 9.59 Å². The highest BCUT2D eigenvalue weighted by Gasteiger charge is 2.34. The third kappa shape index (κ3) is 5.24. The number of nitrogens with zero attached hydrogens (tertiary/aromatic N) is 2. The zero-order valence-corrected chi connectivity index (χ0v) is 17.2. The molecule has 1 amide bonds. The number of phenolic OH excluding ortho intramolecular Hbond substituents is 1. The number of aromatic hydroxyl groups is 1. The molecular formula is C21H22N2O6S. The average molecular weight is 430 g/mol. The number of amides is 1. The minimum absolute atomic E-state index is 0.0146. The standard InChI is InChI=1S/C21H22N2O6S/c1-30(28,29)13-14-5-4-6-15(11-14)17-12-18(16-7-2-3-8-19(16)24)23(22-17)20(25)9-10-21(26)27/h2-8,11,18,24H,9-10,12-13H2,1H3,(H,26,27)/t18-/m0/s1. The number of carbonyl (C=O) groups is 2. The number of hydrazone groups is 1. The van der Waals surface area contributed by atoms with E-state index < -0.39 is 27.8 Å². The minimum Gasteiger partial charge on any atom is -0.508 e. The maximum atomic E-state index is 12.7. The molecule has 0 spiro atoms. The van der Waals surface area contributed by atoms with E-state index in [4.69, 9.17) is 5.11 Å². The molecule has 0 saturated heterocycles. The van der Waals surface area contributed by atoms with Crippen LogP contribution in [0.2, 0.25) is 0 Å². The third-order valence-corrected chi connectivity index (χ3v) is 5.56. The summed E-state index contributed by atoms with van der Waals surface area (Å²) < 4.78 is 23.2. The topological polar surface area (TPSA) is 124 Å². The number of carbonyl (C=O) groups excluding carboxylic acids is 1. The van der Waals surface area contributed by atoms with E-state index in [1.165, 1.54) is 11.1 Å². The normalized spacial score (nSPS) is 16.4. The van der Waals surface area contributed by atoms with Gasteiger partial charge in [0, 0.05) is 24.7 Å². The van der Waals surface area contributed by atoms with E-state index in [-0.39, 0.29) is 24.3 Å². The van der Waals surface area contributed by atoms with Gasteiger partial charge < -0.3 is 10.2 Å². The first-order valence-electron chi connectivity index (χ1n) is 9.30. The predicted molar refractivity (Wildman–Crippen MR) is 111 cm³/mol. The van der Waals surface area contributed by atoms with Crippen LogP contribution in [0.15, 0.2) is 53.6 Å². The van der Waals surface area contributed by atoms with E-state index in [1.54, 1.807) is 42.5 Å².